The smallest absolute Gasteiger partial charge is 0.0813 e. The summed E-state index contributed by atoms with van der Waals surface area (Å²) in [5.41, 5.74) is 0.105. The third kappa shape index (κ3) is 3.28. The molecular formula is C11H23NO. The van der Waals surface area contributed by atoms with Crippen molar-refractivity contribution >= 4 is 0 Å². The average molecular weight is 185 g/mol. The van der Waals surface area contributed by atoms with E-state index in [9.17, 15) is 0 Å². The van der Waals surface area contributed by atoms with E-state index in [0.717, 1.165) is 6.54 Å². The van der Waals surface area contributed by atoms with E-state index in [1.54, 1.807) is 0 Å². The Kier molecular flexibility index (Phi) is 3.36. The van der Waals surface area contributed by atoms with E-state index in [1.807, 2.05) is 7.05 Å². The highest BCUT2D eigenvalue weighted by Gasteiger charge is 2.37. The standard InChI is InChI=1S/C11H23NO/c1-10(2,3)13-11(9-12-4)7-5-6-8-11/h12H,5-9H2,1-4H3. The lowest BCUT2D eigenvalue weighted by Crippen LogP contribution is -2.44. The number of nitrogens with one attached hydrogen (secondary N) is 1. The predicted molar refractivity (Wildman–Crippen MR) is 56.0 cm³/mol. The molecule has 1 saturated carbocycles. The normalized spacial score (nSPS) is 22.2. The average Bonchev–Trinajstić information content (AvgIpc) is 2.33. The number of hydrogen-bond acceptors (Lipinski definition) is 2. The van der Waals surface area contributed by atoms with Gasteiger partial charge in [0.1, 0.15) is 0 Å². The highest BCUT2D eigenvalue weighted by Crippen LogP contribution is 2.35. The van der Waals surface area contributed by atoms with Crippen LogP contribution in [0.4, 0.5) is 0 Å². The van der Waals surface area contributed by atoms with Gasteiger partial charge in [0, 0.05) is 6.54 Å². The van der Waals surface area contributed by atoms with Crippen LogP contribution in [0.25, 0.3) is 0 Å². The molecule has 0 aromatic carbocycles. The Bertz CT molecular complexity index is 154. The van der Waals surface area contributed by atoms with Crippen LogP contribution < -0.4 is 5.32 Å². The van der Waals surface area contributed by atoms with Crippen molar-refractivity contribution in [2.75, 3.05) is 13.6 Å². The van der Waals surface area contributed by atoms with Crippen LogP contribution in [0.5, 0.6) is 0 Å². The van der Waals surface area contributed by atoms with E-state index >= 15 is 0 Å². The summed E-state index contributed by atoms with van der Waals surface area (Å²) in [4.78, 5) is 0. The molecule has 1 N–H and O–H groups in total. The van der Waals surface area contributed by atoms with Crippen LogP contribution in [-0.2, 0) is 4.74 Å². The van der Waals surface area contributed by atoms with Gasteiger partial charge in [0.2, 0.25) is 0 Å². The van der Waals surface area contributed by atoms with Gasteiger partial charge in [-0.05, 0) is 40.7 Å². The molecule has 2 nitrogen and oxygen atoms in total. The van der Waals surface area contributed by atoms with Crippen LogP contribution in [0, 0.1) is 0 Å². The first-order chi connectivity index (χ1) is 5.97. The Labute approximate surface area is 82.0 Å². The lowest BCUT2D eigenvalue weighted by atomic mass is 10.00. The molecular weight excluding hydrogens is 162 g/mol. The van der Waals surface area contributed by atoms with Gasteiger partial charge < -0.3 is 10.1 Å². The van der Waals surface area contributed by atoms with Crippen LogP contribution >= 0.6 is 0 Å². The molecule has 0 unspecified atom stereocenters. The molecule has 0 saturated heterocycles. The van der Waals surface area contributed by atoms with Gasteiger partial charge in [0.25, 0.3) is 0 Å². The lowest BCUT2D eigenvalue weighted by molar-refractivity contribution is -0.126. The summed E-state index contributed by atoms with van der Waals surface area (Å²) in [6.07, 6.45) is 5.06. The summed E-state index contributed by atoms with van der Waals surface area (Å²) in [5.74, 6) is 0. The molecule has 0 heterocycles. The molecule has 0 atom stereocenters. The zero-order valence-corrected chi connectivity index (χ0v) is 9.44. The van der Waals surface area contributed by atoms with Gasteiger partial charge in [-0.3, -0.25) is 0 Å². The van der Waals surface area contributed by atoms with Crippen LogP contribution in [0.1, 0.15) is 46.5 Å². The number of hydrogen-bond donors (Lipinski definition) is 1. The molecule has 1 aliphatic carbocycles. The Hall–Kier alpha value is -0.0800. The first-order valence-corrected chi connectivity index (χ1v) is 5.32. The lowest BCUT2D eigenvalue weighted by Gasteiger charge is -2.36. The SMILES string of the molecule is CNCC1(OC(C)(C)C)CCCC1. The molecule has 1 fully saturated rings. The third-order valence-corrected chi connectivity index (χ3v) is 2.54. The third-order valence-electron chi connectivity index (χ3n) is 2.54. The minimum absolute atomic E-state index is 0.0127. The maximum absolute atomic E-state index is 6.16. The number of ether oxygens (including phenoxy) is 1. The fourth-order valence-electron chi connectivity index (χ4n) is 2.31. The zero-order valence-electron chi connectivity index (χ0n) is 9.44. The minimum Gasteiger partial charge on any atom is -0.368 e. The van der Waals surface area contributed by atoms with Crippen molar-refractivity contribution in [1.82, 2.24) is 5.32 Å². The Morgan fingerprint density at radius 2 is 1.77 bits per heavy atom. The second-order valence-electron chi connectivity index (χ2n) is 5.13. The molecule has 0 aliphatic heterocycles. The predicted octanol–water partition coefficient (Wildman–Crippen LogP) is 2.33. The van der Waals surface area contributed by atoms with E-state index in [0.29, 0.717) is 0 Å². The van der Waals surface area contributed by atoms with Crippen LogP contribution in [0.15, 0.2) is 0 Å². The molecule has 78 valence electrons. The van der Waals surface area contributed by atoms with Crippen LogP contribution in [-0.4, -0.2) is 24.8 Å². The largest absolute Gasteiger partial charge is 0.368 e. The van der Waals surface area contributed by atoms with Crippen molar-refractivity contribution in [2.24, 2.45) is 0 Å². The maximum Gasteiger partial charge on any atom is 0.0813 e. The van der Waals surface area contributed by atoms with Crippen molar-refractivity contribution in [3.05, 3.63) is 0 Å². The molecule has 1 rings (SSSR count). The summed E-state index contributed by atoms with van der Waals surface area (Å²) in [6.45, 7) is 7.42. The Morgan fingerprint density at radius 1 is 1.23 bits per heavy atom. The van der Waals surface area contributed by atoms with Crippen molar-refractivity contribution in [1.29, 1.82) is 0 Å². The zero-order chi connectivity index (χ0) is 9.95. The molecule has 0 aromatic heterocycles. The fraction of sp³-hybridized carbons (Fsp3) is 1.00. The first-order valence-electron chi connectivity index (χ1n) is 5.32. The molecule has 13 heavy (non-hydrogen) atoms. The quantitative estimate of drug-likeness (QED) is 0.728. The summed E-state index contributed by atoms with van der Waals surface area (Å²) in [6, 6.07) is 0. The highest BCUT2D eigenvalue weighted by atomic mass is 16.5. The second-order valence-corrected chi connectivity index (χ2v) is 5.13. The van der Waals surface area contributed by atoms with E-state index in [2.05, 4.69) is 26.1 Å². The van der Waals surface area contributed by atoms with Crippen LogP contribution in [0.3, 0.4) is 0 Å². The number of likely N-dealkylation sites (N-methyl/N-ethyl adjacent to an activating group) is 1. The molecule has 2 heteroatoms. The van der Waals surface area contributed by atoms with E-state index < -0.39 is 0 Å². The van der Waals surface area contributed by atoms with Gasteiger partial charge in [0.05, 0.1) is 11.2 Å². The van der Waals surface area contributed by atoms with Gasteiger partial charge in [-0.1, -0.05) is 12.8 Å². The van der Waals surface area contributed by atoms with E-state index in [-0.39, 0.29) is 11.2 Å². The van der Waals surface area contributed by atoms with Crippen LogP contribution in [0.2, 0.25) is 0 Å². The molecule has 0 amide bonds. The summed E-state index contributed by atoms with van der Waals surface area (Å²) in [5, 5.41) is 3.25. The van der Waals surface area contributed by atoms with Gasteiger partial charge in [-0.25, -0.2) is 0 Å². The van der Waals surface area contributed by atoms with Crippen molar-refractivity contribution in [2.45, 2.75) is 57.7 Å². The second kappa shape index (κ2) is 3.97. The fourth-order valence-corrected chi connectivity index (χ4v) is 2.31. The van der Waals surface area contributed by atoms with Crippen molar-refractivity contribution < 1.29 is 4.74 Å². The molecule has 1 aliphatic rings. The van der Waals surface area contributed by atoms with Crippen molar-refractivity contribution in [3.8, 4) is 0 Å². The number of rotatable bonds is 3. The van der Waals surface area contributed by atoms with Gasteiger partial charge in [-0.15, -0.1) is 0 Å². The molecule has 0 radical (unpaired) electrons. The Balaban J connectivity index is 2.56. The van der Waals surface area contributed by atoms with Gasteiger partial charge >= 0.3 is 0 Å². The van der Waals surface area contributed by atoms with Gasteiger partial charge in [0.15, 0.2) is 0 Å². The minimum atomic E-state index is -0.0127. The first kappa shape index (κ1) is 11.0. The topological polar surface area (TPSA) is 21.3 Å². The summed E-state index contributed by atoms with van der Waals surface area (Å²) in [7, 11) is 2.01. The van der Waals surface area contributed by atoms with E-state index in [4.69, 9.17) is 4.74 Å². The monoisotopic (exact) mass is 185 g/mol. The van der Waals surface area contributed by atoms with Gasteiger partial charge in [-0.2, -0.15) is 0 Å². The maximum atomic E-state index is 6.16. The molecule has 0 bridgehead atoms. The summed E-state index contributed by atoms with van der Waals surface area (Å²) < 4.78 is 6.16. The highest BCUT2D eigenvalue weighted by molar-refractivity contribution is 4.90. The van der Waals surface area contributed by atoms with E-state index in [1.165, 1.54) is 25.7 Å². The molecule has 0 aromatic rings. The summed E-state index contributed by atoms with van der Waals surface area (Å²) >= 11 is 0. The van der Waals surface area contributed by atoms with Crippen molar-refractivity contribution in [3.63, 3.8) is 0 Å². The molecule has 0 spiro atoms. The Morgan fingerprint density at radius 3 is 2.15 bits per heavy atom.